The van der Waals surface area contributed by atoms with Gasteiger partial charge in [0.05, 0.1) is 30.9 Å². The predicted molar refractivity (Wildman–Crippen MR) is 80.4 cm³/mol. The summed E-state index contributed by atoms with van der Waals surface area (Å²) < 4.78 is 31.9. The molecular formula is C15H18F2N4O2. The molecule has 0 saturated carbocycles. The second kappa shape index (κ2) is 6.11. The summed E-state index contributed by atoms with van der Waals surface area (Å²) >= 11 is 0. The van der Waals surface area contributed by atoms with Gasteiger partial charge in [-0.2, -0.15) is 5.10 Å². The molecule has 1 fully saturated rings. The number of aromatic nitrogens is 2. The standard InChI is InChI=1S/C15H18F2N4O2/c1-10(11-2-3-13-12(6-11)7-18-20-13)19-14(22)21-4-5-23-9-15(16,17)8-21/h2-3,6-7,10H,4-5,8-9H2,1H3,(H,18,20)(H,19,22)/t10-/m0/s1. The van der Waals surface area contributed by atoms with Crippen molar-refractivity contribution in [3.05, 3.63) is 30.0 Å². The Morgan fingerprint density at radius 3 is 3.17 bits per heavy atom. The summed E-state index contributed by atoms with van der Waals surface area (Å²) in [5.41, 5.74) is 1.78. The molecule has 0 spiro atoms. The Labute approximate surface area is 131 Å². The smallest absolute Gasteiger partial charge is 0.318 e. The summed E-state index contributed by atoms with van der Waals surface area (Å²) in [6.07, 6.45) is 1.69. The molecule has 0 aliphatic carbocycles. The Bertz CT molecular complexity index is 704. The fraction of sp³-hybridized carbons (Fsp3) is 0.467. The second-order valence-electron chi connectivity index (χ2n) is 5.72. The van der Waals surface area contributed by atoms with Gasteiger partial charge in [0.15, 0.2) is 0 Å². The van der Waals surface area contributed by atoms with Crippen molar-refractivity contribution in [3.8, 4) is 0 Å². The van der Waals surface area contributed by atoms with Crippen LogP contribution in [0.25, 0.3) is 10.9 Å². The van der Waals surface area contributed by atoms with Gasteiger partial charge in [-0.3, -0.25) is 5.10 Å². The first-order valence-corrected chi connectivity index (χ1v) is 7.39. The maximum atomic E-state index is 13.5. The number of fused-ring (bicyclic) bond motifs is 1. The maximum Gasteiger partial charge on any atom is 0.318 e. The molecule has 124 valence electrons. The number of carbonyl (C=O) groups excluding carboxylic acids is 1. The van der Waals surface area contributed by atoms with Crippen LogP contribution in [0.4, 0.5) is 13.6 Å². The number of hydrogen-bond donors (Lipinski definition) is 2. The number of amides is 2. The van der Waals surface area contributed by atoms with Crippen molar-refractivity contribution in [2.45, 2.75) is 18.9 Å². The normalized spacial score (nSPS) is 19.3. The maximum absolute atomic E-state index is 13.5. The van der Waals surface area contributed by atoms with Gasteiger partial charge in [0.2, 0.25) is 0 Å². The molecule has 23 heavy (non-hydrogen) atoms. The van der Waals surface area contributed by atoms with E-state index in [0.29, 0.717) is 0 Å². The van der Waals surface area contributed by atoms with E-state index in [1.807, 2.05) is 25.1 Å². The number of rotatable bonds is 2. The first kappa shape index (κ1) is 15.7. The molecular weight excluding hydrogens is 306 g/mol. The van der Waals surface area contributed by atoms with Gasteiger partial charge in [0, 0.05) is 11.9 Å². The largest absolute Gasteiger partial charge is 0.373 e. The number of hydrogen-bond acceptors (Lipinski definition) is 3. The summed E-state index contributed by atoms with van der Waals surface area (Å²) in [6, 6.07) is 4.82. The average molecular weight is 324 g/mol. The molecule has 2 heterocycles. The van der Waals surface area contributed by atoms with Crippen LogP contribution in [0, 0.1) is 0 Å². The molecule has 1 aromatic carbocycles. The van der Waals surface area contributed by atoms with Crippen molar-refractivity contribution in [3.63, 3.8) is 0 Å². The monoisotopic (exact) mass is 324 g/mol. The molecule has 1 aromatic heterocycles. The van der Waals surface area contributed by atoms with Crippen molar-refractivity contribution in [2.75, 3.05) is 26.3 Å². The lowest BCUT2D eigenvalue weighted by molar-refractivity contribution is -0.0652. The Morgan fingerprint density at radius 1 is 1.52 bits per heavy atom. The van der Waals surface area contributed by atoms with Gasteiger partial charge in [-0.25, -0.2) is 13.6 Å². The van der Waals surface area contributed by atoms with Crippen LogP contribution in [0.3, 0.4) is 0 Å². The topological polar surface area (TPSA) is 70.2 Å². The van der Waals surface area contributed by atoms with E-state index in [4.69, 9.17) is 4.74 Å². The van der Waals surface area contributed by atoms with Gasteiger partial charge in [-0.05, 0) is 24.6 Å². The molecule has 6 nitrogen and oxygen atoms in total. The molecule has 0 bridgehead atoms. The Morgan fingerprint density at radius 2 is 2.35 bits per heavy atom. The van der Waals surface area contributed by atoms with E-state index in [9.17, 15) is 13.6 Å². The number of urea groups is 1. The molecule has 2 amide bonds. The minimum atomic E-state index is -3.02. The van der Waals surface area contributed by atoms with Crippen molar-refractivity contribution in [2.24, 2.45) is 0 Å². The van der Waals surface area contributed by atoms with E-state index in [2.05, 4.69) is 15.5 Å². The molecule has 2 N–H and O–H groups in total. The summed E-state index contributed by atoms with van der Waals surface area (Å²) in [5, 5.41) is 10.5. The minimum Gasteiger partial charge on any atom is -0.373 e. The van der Waals surface area contributed by atoms with Crippen LogP contribution in [0.5, 0.6) is 0 Å². The van der Waals surface area contributed by atoms with Crippen molar-refractivity contribution >= 4 is 16.9 Å². The SMILES string of the molecule is C[C@H](NC(=O)N1CCOCC(F)(F)C1)c1ccc2[nH]ncc2c1. The highest BCUT2D eigenvalue weighted by Crippen LogP contribution is 2.21. The third-order valence-corrected chi connectivity index (χ3v) is 3.83. The summed E-state index contributed by atoms with van der Waals surface area (Å²) in [4.78, 5) is 13.3. The van der Waals surface area contributed by atoms with E-state index >= 15 is 0 Å². The van der Waals surface area contributed by atoms with Crippen LogP contribution in [-0.4, -0.2) is 53.4 Å². The Hall–Kier alpha value is -2.22. The fourth-order valence-electron chi connectivity index (χ4n) is 2.56. The molecule has 2 aromatic rings. The molecule has 0 radical (unpaired) electrons. The van der Waals surface area contributed by atoms with E-state index < -0.39 is 25.1 Å². The fourth-order valence-corrected chi connectivity index (χ4v) is 2.56. The molecule has 0 unspecified atom stereocenters. The van der Waals surface area contributed by atoms with Gasteiger partial charge in [0.1, 0.15) is 6.61 Å². The van der Waals surface area contributed by atoms with Gasteiger partial charge < -0.3 is 15.0 Å². The van der Waals surface area contributed by atoms with Crippen LogP contribution in [0.2, 0.25) is 0 Å². The van der Waals surface area contributed by atoms with Gasteiger partial charge in [-0.1, -0.05) is 6.07 Å². The van der Waals surface area contributed by atoms with E-state index in [1.54, 1.807) is 6.20 Å². The van der Waals surface area contributed by atoms with E-state index in [0.717, 1.165) is 21.4 Å². The third kappa shape index (κ3) is 3.58. The van der Waals surface area contributed by atoms with Crippen LogP contribution < -0.4 is 5.32 Å². The molecule has 3 rings (SSSR count). The van der Waals surface area contributed by atoms with Crippen molar-refractivity contribution < 1.29 is 18.3 Å². The van der Waals surface area contributed by atoms with Crippen LogP contribution >= 0.6 is 0 Å². The number of H-pyrrole nitrogens is 1. The number of ether oxygens (including phenoxy) is 1. The summed E-state index contributed by atoms with van der Waals surface area (Å²) in [5.74, 6) is -3.02. The molecule has 8 heteroatoms. The quantitative estimate of drug-likeness (QED) is 0.890. The van der Waals surface area contributed by atoms with Gasteiger partial charge in [0.25, 0.3) is 5.92 Å². The van der Waals surface area contributed by atoms with Crippen molar-refractivity contribution in [1.29, 1.82) is 0 Å². The predicted octanol–water partition coefficient (Wildman–Crippen LogP) is 2.30. The zero-order chi connectivity index (χ0) is 16.4. The lowest BCUT2D eigenvalue weighted by Crippen LogP contribution is -2.46. The number of nitrogens with one attached hydrogen (secondary N) is 2. The zero-order valence-corrected chi connectivity index (χ0v) is 12.7. The number of aromatic amines is 1. The highest BCUT2D eigenvalue weighted by atomic mass is 19.3. The molecule has 1 aliphatic rings. The number of halogens is 2. The summed E-state index contributed by atoms with van der Waals surface area (Å²) in [6.45, 7) is 0.786. The van der Waals surface area contributed by atoms with Crippen molar-refractivity contribution in [1.82, 2.24) is 20.4 Å². The number of nitrogens with zero attached hydrogens (tertiary/aromatic N) is 2. The van der Waals surface area contributed by atoms with E-state index in [-0.39, 0.29) is 19.2 Å². The third-order valence-electron chi connectivity index (χ3n) is 3.83. The second-order valence-corrected chi connectivity index (χ2v) is 5.72. The van der Waals surface area contributed by atoms with Crippen LogP contribution in [-0.2, 0) is 4.74 Å². The summed E-state index contributed by atoms with van der Waals surface area (Å²) in [7, 11) is 0. The highest BCUT2D eigenvalue weighted by molar-refractivity contribution is 5.79. The van der Waals surface area contributed by atoms with Crippen LogP contribution in [0.1, 0.15) is 18.5 Å². The minimum absolute atomic E-state index is 0.109. The Kier molecular flexibility index (Phi) is 4.16. The number of carbonyl (C=O) groups is 1. The lowest BCUT2D eigenvalue weighted by Gasteiger charge is -2.25. The Balaban J connectivity index is 1.68. The molecule has 1 atom stereocenters. The first-order chi connectivity index (χ1) is 10.9. The number of benzene rings is 1. The zero-order valence-electron chi connectivity index (χ0n) is 12.7. The van der Waals surface area contributed by atoms with E-state index in [1.165, 1.54) is 0 Å². The molecule has 1 aliphatic heterocycles. The lowest BCUT2D eigenvalue weighted by atomic mass is 10.1. The highest BCUT2D eigenvalue weighted by Gasteiger charge is 2.36. The number of alkyl halides is 2. The first-order valence-electron chi connectivity index (χ1n) is 7.39. The van der Waals surface area contributed by atoms with Crippen LogP contribution in [0.15, 0.2) is 24.4 Å². The van der Waals surface area contributed by atoms with Gasteiger partial charge in [-0.15, -0.1) is 0 Å². The van der Waals surface area contributed by atoms with Gasteiger partial charge >= 0.3 is 6.03 Å². The average Bonchev–Trinajstić information content (AvgIpc) is 2.89. The molecule has 1 saturated heterocycles.